The van der Waals surface area contributed by atoms with Crippen LogP contribution in [0.4, 0.5) is 0 Å². The minimum atomic E-state index is 0.120. The number of fused-ring (bicyclic) bond motifs is 1. The van der Waals surface area contributed by atoms with Crippen LogP contribution in [0.2, 0.25) is 0 Å². The van der Waals surface area contributed by atoms with Crippen molar-refractivity contribution in [3.8, 4) is 0 Å². The van der Waals surface area contributed by atoms with Crippen LogP contribution in [0.15, 0.2) is 6.07 Å². The summed E-state index contributed by atoms with van der Waals surface area (Å²) in [5.41, 5.74) is 1.41. The van der Waals surface area contributed by atoms with Crippen molar-refractivity contribution in [3.63, 3.8) is 0 Å². The Kier molecular flexibility index (Phi) is 4.41. The third-order valence-electron chi connectivity index (χ3n) is 4.56. The van der Waals surface area contributed by atoms with E-state index in [1.807, 2.05) is 0 Å². The third kappa shape index (κ3) is 3.23. The fourth-order valence-corrected chi connectivity index (χ4v) is 4.31. The predicted octanol–water partition coefficient (Wildman–Crippen LogP) is 2.70. The van der Waals surface area contributed by atoms with Gasteiger partial charge in [-0.2, -0.15) is 0 Å². The Morgan fingerprint density at radius 2 is 2.20 bits per heavy atom. The summed E-state index contributed by atoms with van der Waals surface area (Å²) >= 11 is 1.69. The lowest BCUT2D eigenvalue weighted by molar-refractivity contribution is 0.0948. The van der Waals surface area contributed by atoms with Crippen LogP contribution in [0, 0.1) is 5.92 Å². The molecule has 0 unspecified atom stereocenters. The Bertz CT molecular complexity index is 453. The Morgan fingerprint density at radius 1 is 1.40 bits per heavy atom. The third-order valence-corrected chi connectivity index (χ3v) is 5.80. The summed E-state index contributed by atoms with van der Waals surface area (Å²) in [5.74, 6) is 0.990. The molecule has 2 heterocycles. The number of nitrogens with one attached hydrogen (secondary N) is 1. The number of nitrogens with zero attached hydrogens (tertiary/aromatic N) is 1. The van der Waals surface area contributed by atoms with Gasteiger partial charge in [0.2, 0.25) is 0 Å². The smallest absolute Gasteiger partial charge is 0.261 e. The molecule has 1 aromatic rings. The van der Waals surface area contributed by atoms with Crippen LogP contribution in [-0.4, -0.2) is 37.0 Å². The molecule has 0 aromatic carbocycles. The number of piperidine rings is 1. The second-order valence-corrected chi connectivity index (χ2v) is 7.33. The van der Waals surface area contributed by atoms with E-state index in [9.17, 15) is 4.79 Å². The molecule has 0 radical (unpaired) electrons. The largest absolute Gasteiger partial charge is 0.350 e. The number of aryl methyl sites for hydroxylation is 2. The van der Waals surface area contributed by atoms with Crippen LogP contribution in [0.3, 0.4) is 0 Å². The van der Waals surface area contributed by atoms with E-state index in [2.05, 4.69) is 23.2 Å². The van der Waals surface area contributed by atoms with Crippen molar-refractivity contribution in [2.24, 2.45) is 5.92 Å². The molecule has 1 saturated heterocycles. The van der Waals surface area contributed by atoms with Crippen molar-refractivity contribution in [2.75, 3.05) is 26.2 Å². The lowest BCUT2D eigenvalue weighted by Gasteiger charge is -2.30. The zero-order valence-electron chi connectivity index (χ0n) is 12.3. The molecule has 1 aliphatic carbocycles. The molecule has 4 heteroatoms. The number of amides is 1. The fraction of sp³-hybridized carbons (Fsp3) is 0.688. The number of rotatable bonds is 4. The minimum Gasteiger partial charge on any atom is -0.350 e. The van der Waals surface area contributed by atoms with E-state index in [4.69, 9.17) is 0 Å². The van der Waals surface area contributed by atoms with Crippen molar-refractivity contribution in [3.05, 3.63) is 21.4 Å². The van der Waals surface area contributed by atoms with Crippen molar-refractivity contribution in [1.29, 1.82) is 0 Å². The molecule has 1 amide bonds. The van der Waals surface area contributed by atoms with Gasteiger partial charge in [0.25, 0.3) is 5.91 Å². The SMILES string of the molecule is CC1CCN(CCNC(=O)c2cc3c(s2)CCC3)CC1. The highest BCUT2D eigenvalue weighted by Gasteiger charge is 2.19. The summed E-state index contributed by atoms with van der Waals surface area (Å²) < 4.78 is 0. The van der Waals surface area contributed by atoms with Crippen molar-refractivity contribution >= 4 is 17.2 Å². The van der Waals surface area contributed by atoms with Crippen LogP contribution >= 0.6 is 11.3 Å². The summed E-state index contributed by atoms with van der Waals surface area (Å²) in [6.45, 7) is 6.46. The molecule has 1 aliphatic heterocycles. The van der Waals surface area contributed by atoms with E-state index in [1.54, 1.807) is 11.3 Å². The Labute approximate surface area is 125 Å². The normalized spacial score (nSPS) is 20.1. The van der Waals surface area contributed by atoms with E-state index in [0.717, 1.165) is 30.3 Å². The van der Waals surface area contributed by atoms with Crippen LogP contribution in [0.1, 0.15) is 46.3 Å². The van der Waals surface area contributed by atoms with Crippen molar-refractivity contribution in [2.45, 2.75) is 39.0 Å². The average molecular weight is 292 g/mol. The summed E-state index contributed by atoms with van der Waals surface area (Å²) in [5, 5.41) is 3.08. The Balaban J connectivity index is 1.42. The molecule has 1 fully saturated rings. The Hall–Kier alpha value is -0.870. The van der Waals surface area contributed by atoms with Gasteiger partial charge in [0.05, 0.1) is 4.88 Å². The first kappa shape index (κ1) is 14.1. The van der Waals surface area contributed by atoms with E-state index in [0.29, 0.717) is 0 Å². The molecule has 0 saturated carbocycles. The topological polar surface area (TPSA) is 32.3 Å². The summed E-state index contributed by atoms with van der Waals surface area (Å²) in [7, 11) is 0. The second-order valence-electron chi connectivity index (χ2n) is 6.19. The van der Waals surface area contributed by atoms with Gasteiger partial charge in [-0.1, -0.05) is 6.92 Å². The van der Waals surface area contributed by atoms with E-state index in [-0.39, 0.29) is 5.91 Å². The lowest BCUT2D eigenvalue weighted by Crippen LogP contribution is -2.39. The quantitative estimate of drug-likeness (QED) is 0.925. The zero-order chi connectivity index (χ0) is 13.9. The molecule has 20 heavy (non-hydrogen) atoms. The average Bonchev–Trinajstić information content (AvgIpc) is 3.02. The van der Waals surface area contributed by atoms with Gasteiger partial charge in [0, 0.05) is 18.0 Å². The number of likely N-dealkylation sites (tertiary alicyclic amines) is 1. The monoisotopic (exact) mass is 292 g/mol. The van der Waals surface area contributed by atoms with Crippen LogP contribution in [0.25, 0.3) is 0 Å². The van der Waals surface area contributed by atoms with Gasteiger partial charge in [-0.15, -0.1) is 11.3 Å². The van der Waals surface area contributed by atoms with Crippen LogP contribution in [0.5, 0.6) is 0 Å². The highest BCUT2D eigenvalue weighted by molar-refractivity contribution is 7.14. The van der Waals surface area contributed by atoms with Crippen molar-refractivity contribution in [1.82, 2.24) is 10.2 Å². The highest BCUT2D eigenvalue weighted by Crippen LogP contribution is 2.30. The maximum atomic E-state index is 12.1. The summed E-state index contributed by atoms with van der Waals surface area (Å²) in [6, 6.07) is 2.10. The number of carbonyl (C=O) groups is 1. The predicted molar refractivity (Wildman–Crippen MR) is 83.5 cm³/mol. The molecule has 0 spiro atoms. The van der Waals surface area contributed by atoms with Gasteiger partial charge < -0.3 is 10.2 Å². The van der Waals surface area contributed by atoms with Gasteiger partial charge in [-0.05, 0) is 62.7 Å². The second kappa shape index (κ2) is 6.27. The summed E-state index contributed by atoms with van der Waals surface area (Å²) in [4.78, 5) is 16.9. The van der Waals surface area contributed by atoms with Gasteiger partial charge in [0.15, 0.2) is 0 Å². The first-order chi connectivity index (χ1) is 9.72. The van der Waals surface area contributed by atoms with Crippen LogP contribution < -0.4 is 5.32 Å². The molecule has 0 atom stereocenters. The van der Waals surface area contributed by atoms with Crippen molar-refractivity contribution < 1.29 is 4.79 Å². The number of carbonyl (C=O) groups excluding carboxylic acids is 1. The minimum absolute atomic E-state index is 0.120. The number of thiophene rings is 1. The van der Waals surface area contributed by atoms with Gasteiger partial charge in [-0.3, -0.25) is 4.79 Å². The van der Waals surface area contributed by atoms with E-state index in [1.165, 1.54) is 49.2 Å². The van der Waals surface area contributed by atoms with Gasteiger partial charge in [0.1, 0.15) is 0 Å². The molecular weight excluding hydrogens is 268 g/mol. The van der Waals surface area contributed by atoms with E-state index >= 15 is 0 Å². The molecule has 110 valence electrons. The van der Waals surface area contributed by atoms with Gasteiger partial charge >= 0.3 is 0 Å². The molecule has 0 bridgehead atoms. The lowest BCUT2D eigenvalue weighted by atomic mass is 9.99. The first-order valence-corrected chi connectivity index (χ1v) is 8.66. The summed E-state index contributed by atoms with van der Waals surface area (Å²) in [6.07, 6.45) is 6.18. The fourth-order valence-electron chi connectivity index (χ4n) is 3.14. The Morgan fingerprint density at radius 3 is 2.95 bits per heavy atom. The van der Waals surface area contributed by atoms with Gasteiger partial charge in [-0.25, -0.2) is 0 Å². The maximum absolute atomic E-state index is 12.1. The molecule has 3 nitrogen and oxygen atoms in total. The first-order valence-electron chi connectivity index (χ1n) is 7.84. The molecular formula is C16H24N2OS. The zero-order valence-corrected chi connectivity index (χ0v) is 13.1. The highest BCUT2D eigenvalue weighted by atomic mass is 32.1. The number of hydrogen-bond acceptors (Lipinski definition) is 3. The maximum Gasteiger partial charge on any atom is 0.261 e. The number of hydrogen-bond donors (Lipinski definition) is 1. The molecule has 1 N–H and O–H groups in total. The standard InChI is InChI=1S/C16H24N2OS/c1-12-5-8-18(9-6-12)10-7-17-16(19)15-11-13-3-2-4-14(13)20-15/h11-12H,2-10H2,1H3,(H,17,19). The van der Waals surface area contributed by atoms with Crippen LogP contribution in [-0.2, 0) is 12.8 Å². The molecule has 2 aliphatic rings. The van der Waals surface area contributed by atoms with E-state index < -0.39 is 0 Å². The molecule has 3 rings (SSSR count). The molecule has 1 aromatic heterocycles.